The molecule has 0 aliphatic heterocycles. The zero-order chi connectivity index (χ0) is 19.9. The third-order valence-corrected chi connectivity index (χ3v) is 4.39. The Labute approximate surface area is 160 Å². The molecule has 4 rings (SSSR count). The Morgan fingerprint density at radius 2 is 1.75 bits per heavy atom. The maximum absolute atomic E-state index is 11.0. The lowest BCUT2D eigenvalue weighted by atomic mass is 10.0. The number of carboxylic acid groups (broad SMARTS) is 1. The molecular formula is C21H17N3O4. The lowest BCUT2D eigenvalue weighted by molar-refractivity contribution is 0.0695. The summed E-state index contributed by atoms with van der Waals surface area (Å²) in [5.41, 5.74) is 2.86. The fourth-order valence-corrected chi connectivity index (χ4v) is 2.89. The first kappa shape index (κ1) is 17.8. The van der Waals surface area contributed by atoms with E-state index < -0.39 is 11.6 Å². The molecule has 0 radical (unpaired) electrons. The predicted octanol–water partition coefficient (Wildman–Crippen LogP) is 3.88. The largest absolute Gasteiger partial charge is 0.478 e. The highest BCUT2D eigenvalue weighted by Crippen LogP contribution is 2.33. The summed E-state index contributed by atoms with van der Waals surface area (Å²) in [5, 5.41) is 19.3. The highest BCUT2D eigenvalue weighted by Gasteiger charge is 2.20. The Balaban J connectivity index is 1.81. The number of aliphatic hydroxyl groups is 1. The van der Waals surface area contributed by atoms with Crippen LogP contribution in [0.3, 0.4) is 0 Å². The monoisotopic (exact) mass is 375 g/mol. The fourth-order valence-electron chi connectivity index (χ4n) is 2.89. The average Bonchev–Trinajstić information content (AvgIpc) is 3.12. The van der Waals surface area contributed by atoms with E-state index in [1.807, 2.05) is 0 Å². The molecule has 0 spiro atoms. The standard InChI is InChI=1S/C21H17N3O4/c1-21(2,27)17-9-14(7-8-22-17)18-19-15(23-11-24-18)10-16(28-19)12-3-5-13(6-4-12)20(25)26/h3-11,27H,1-2H3,(H,25,26). The van der Waals surface area contributed by atoms with Crippen LogP contribution in [-0.4, -0.2) is 31.1 Å². The molecule has 0 atom stereocenters. The van der Waals surface area contributed by atoms with E-state index in [0.29, 0.717) is 28.2 Å². The lowest BCUT2D eigenvalue weighted by Crippen LogP contribution is -2.17. The maximum atomic E-state index is 11.0. The Bertz CT molecular complexity index is 1170. The van der Waals surface area contributed by atoms with Crippen LogP contribution in [0.5, 0.6) is 0 Å². The minimum absolute atomic E-state index is 0.205. The van der Waals surface area contributed by atoms with Gasteiger partial charge < -0.3 is 14.6 Å². The van der Waals surface area contributed by atoms with Crippen LogP contribution in [0.1, 0.15) is 29.9 Å². The van der Waals surface area contributed by atoms with Gasteiger partial charge in [0.25, 0.3) is 0 Å². The third kappa shape index (κ3) is 3.23. The molecule has 2 N–H and O–H groups in total. The first-order valence-corrected chi connectivity index (χ1v) is 8.60. The molecule has 0 saturated heterocycles. The molecule has 28 heavy (non-hydrogen) atoms. The van der Waals surface area contributed by atoms with Crippen molar-refractivity contribution in [2.24, 2.45) is 0 Å². The molecule has 0 amide bonds. The zero-order valence-electron chi connectivity index (χ0n) is 15.2. The summed E-state index contributed by atoms with van der Waals surface area (Å²) in [5.74, 6) is -0.421. The molecule has 4 aromatic rings. The van der Waals surface area contributed by atoms with Gasteiger partial charge in [-0.1, -0.05) is 12.1 Å². The van der Waals surface area contributed by atoms with Crippen molar-refractivity contribution in [3.8, 4) is 22.6 Å². The number of hydrogen-bond acceptors (Lipinski definition) is 6. The number of carbonyl (C=O) groups is 1. The van der Waals surface area contributed by atoms with Crippen LogP contribution < -0.4 is 0 Å². The third-order valence-electron chi connectivity index (χ3n) is 4.39. The fraction of sp³-hybridized carbons (Fsp3) is 0.143. The van der Waals surface area contributed by atoms with Crippen molar-refractivity contribution in [3.05, 3.63) is 66.2 Å². The van der Waals surface area contributed by atoms with E-state index in [4.69, 9.17) is 9.52 Å². The van der Waals surface area contributed by atoms with Gasteiger partial charge in [0.1, 0.15) is 28.9 Å². The van der Waals surface area contributed by atoms with Gasteiger partial charge in [-0.2, -0.15) is 0 Å². The normalized spacial score (nSPS) is 11.7. The molecule has 0 bridgehead atoms. The van der Waals surface area contributed by atoms with Crippen molar-refractivity contribution in [1.29, 1.82) is 0 Å². The van der Waals surface area contributed by atoms with E-state index in [9.17, 15) is 9.90 Å². The molecule has 0 unspecified atom stereocenters. The van der Waals surface area contributed by atoms with Gasteiger partial charge in [0.05, 0.1) is 11.3 Å². The summed E-state index contributed by atoms with van der Waals surface area (Å²) in [6.07, 6.45) is 3.07. The van der Waals surface area contributed by atoms with Gasteiger partial charge in [-0.05, 0) is 38.1 Å². The molecule has 0 aliphatic carbocycles. The summed E-state index contributed by atoms with van der Waals surface area (Å²) >= 11 is 0. The number of furan rings is 1. The van der Waals surface area contributed by atoms with E-state index in [0.717, 1.165) is 11.1 Å². The Kier molecular flexibility index (Phi) is 4.16. The van der Waals surface area contributed by atoms with Gasteiger partial charge in [0.15, 0.2) is 5.58 Å². The molecule has 0 fully saturated rings. The number of carboxylic acids is 1. The highest BCUT2D eigenvalue weighted by atomic mass is 16.4. The van der Waals surface area contributed by atoms with Gasteiger partial charge >= 0.3 is 5.97 Å². The molecule has 0 aliphatic rings. The number of benzene rings is 1. The summed E-state index contributed by atoms with van der Waals surface area (Å²) in [4.78, 5) is 23.9. The summed E-state index contributed by atoms with van der Waals surface area (Å²) in [6, 6.07) is 11.8. The molecule has 1 aromatic carbocycles. The minimum atomic E-state index is -1.08. The second-order valence-electron chi connectivity index (χ2n) is 6.92. The topological polar surface area (TPSA) is 109 Å². The van der Waals surface area contributed by atoms with Crippen LogP contribution >= 0.6 is 0 Å². The predicted molar refractivity (Wildman–Crippen MR) is 103 cm³/mol. The van der Waals surface area contributed by atoms with Gasteiger partial charge in [-0.3, -0.25) is 4.98 Å². The van der Waals surface area contributed by atoms with Crippen molar-refractivity contribution >= 4 is 17.1 Å². The second kappa shape index (κ2) is 6.54. The number of rotatable bonds is 4. The first-order valence-electron chi connectivity index (χ1n) is 8.60. The number of nitrogens with zero attached hydrogens (tertiary/aromatic N) is 3. The number of hydrogen-bond donors (Lipinski definition) is 2. The van der Waals surface area contributed by atoms with Crippen molar-refractivity contribution < 1.29 is 19.4 Å². The quantitative estimate of drug-likeness (QED) is 0.557. The molecular weight excluding hydrogens is 358 g/mol. The average molecular weight is 375 g/mol. The number of fused-ring (bicyclic) bond motifs is 1. The second-order valence-corrected chi connectivity index (χ2v) is 6.92. The van der Waals surface area contributed by atoms with Crippen molar-refractivity contribution in [3.63, 3.8) is 0 Å². The number of aromatic carboxylic acids is 1. The van der Waals surface area contributed by atoms with Gasteiger partial charge in [0, 0.05) is 23.4 Å². The van der Waals surface area contributed by atoms with E-state index in [-0.39, 0.29) is 5.56 Å². The molecule has 7 nitrogen and oxygen atoms in total. The summed E-state index contributed by atoms with van der Waals surface area (Å²) < 4.78 is 6.01. The summed E-state index contributed by atoms with van der Waals surface area (Å²) in [6.45, 7) is 3.33. The van der Waals surface area contributed by atoms with Crippen molar-refractivity contribution in [1.82, 2.24) is 15.0 Å². The van der Waals surface area contributed by atoms with Gasteiger partial charge in [0.2, 0.25) is 0 Å². The minimum Gasteiger partial charge on any atom is -0.478 e. The van der Waals surface area contributed by atoms with E-state index in [1.165, 1.54) is 18.5 Å². The van der Waals surface area contributed by atoms with E-state index in [2.05, 4.69) is 15.0 Å². The Hall–Kier alpha value is -3.58. The van der Waals surface area contributed by atoms with Crippen LogP contribution in [0.2, 0.25) is 0 Å². The summed E-state index contributed by atoms with van der Waals surface area (Å²) in [7, 11) is 0. The van der Waals surface area contributed by atoms with E-state index in [1.54, 1.807) is 50.4 Å². The number of aromatic nitrogens is 3. The van der Waals surface area contributed by atoms with E-state index >= 15 is 0 Å². The van der Waals surface area contributed by atoms with Crippen LogP contribution in [-0.2, 0) is 5.60 Å². The van der Waals surface area contributed by atoms with Crippen LogP contribution in [0.15, 0.2) is 59.4 Å². The van der Waals surface area contributed by atoms with Gasteiger partial charge in [-0.25, -0.2) is 14.8 Å². The zero-order valence-corrected chi connectivity index (χ0v) is 15.2. The molecule has 3 aromatic heterocycles. The SMILES string of the molecule is CC(C)(O)c1cc(-c2ncnc3cc(-c4ccc(C(=O)O)cc4)oc23)ccn1. The van der Waals surface area contributed by atoms with Crippen LogP contribution in [0, 0.1) is 0 Å². The molecule has 7 heteroatoms. The van der Waals surface area contributed by atoms with Crippen molar-refractivity contribution in [2.45, 2.75) is 19.4 Å². The molecule has 140 valence electrons. The van der Waals surface area contributed by atoms with Crippen molar-refractivity contribution in [2.75, 3.05) is 0 Å². The molecule has 0 saturated carbocycles. The highest BCUT2D eigenvalue weighted by molar-refractivity contribution is 5.91. The Morgan fingerprint density at radius 3 is 2.43 bits per heavy atom. The van der Waals surface area contributed by atoms with Crippen LogP contribution in [0.25, 0.3) is 33.7 Å². The van der Waals surface area contributed by atoms with Crippen LogP contribution in [0.4, 0.5) is 0 Å². The maximum Gasteiger partial charge on any atom is 0.335 e. The lowest BCUT2D eigenvalue weighted by Gasteiger charge is -2.16. The van der Waals surface area contributed by atoms with Gasteiger partial charge in [-0.15, -0.1) is 0 Å². The smallest absolute Gasteiger partial charge is 0.335 e. The number of pyridine rings is 1. The first-order chi connectivity index (χ1) is 13.3. The molecule has 3 heterocycles. The Morgan fingerprint density at radius 1 is 1.00 bits per heavy atom.